The van der Waals surface area contributed by atoms with Gasteiger partial charge in [-0.1, -0.05) is 64.1 Å². The number of amides is 11. The molecule has 2 fully saturated rings. The summed E-state index contributed by atoms with van der Waals surface area (Å²) in [7, 11) is 2.02. The van der Waals surface area contributed by atoms with Gasteiger partial charge in [-0.25, -0.2) is 0 Å². The Labute approximate surface area is 465 Å². The van der Waals surface area contributed by atoms with Crippen LogP contribution in [0.25, 0.3) is 0 Å². The number of primary amides is 2. The van der Waals surface area contributed by atoms with Crippen LogP contribution >= 0.6 is 21.6 Å². The quantitative estimate of drug-likeness (QED) is 0.0245. The molecule has 2 saturated heterocycles. The molecule has 27 nitrogen and oxygen atoms in total. The normalized spacial score (nSPS) is 22.0. The lowest BCUT2D eigenvalue weighted by Gasteiger charge is -2.31. The van der Waals surface area contributed by atoms with Crippen molar-refractivity contribution in [2.45, 2.75) is 120 Å². The number of nitrogens with zero attached hydrogens (tertiary/aromatic N) is 3. The lowest BCUT2D eigenvalue weighted by molar-refractivity contribution is -0.142. The van der Waals surface area contributed by atoms with Crippen molar-refractivity contribution in [3.8, 4) is 5.75 Å². The number of guanidine groups is 1. The van der Waals surface area contributed by atoms with E-state index in [4.69, 9.17) is 28.7 Å². The van der Waals surface area contributed by atoms with Crippen molar-refractivity contribution < 1.29 is 57.8 Å². The second kappa shape index (κ2) is 32.3. The third-order valence-corrected chi connectivity index (χ3v) is 15.2. The fourth-order valence-corrected chi connectivity index (χ4v) is 10.8. The molecule has 2 heterocycles. The standard InChI is InChI=1S/C50H73N15O12S2/c1-3-64(4-2)41(69)19-18-33-44(72)62-36(24-39(52)67)47(75)63-37(49(77)65-21-9-13-38(65)48(76)59-32(12-8-20-56-50(54)55)43(71)57-25-40(53)68)27-79-78-26-31(51)42(70)60-34(23-29-14-16-30(66)17-15-29)46(74)61-35(45(73)58-33)22-28-10-6-5-7-11-28/h5-7,10-11,14-17,31-38,66H,3-4,8-9,12-13,18-27,51H2,1-2H3,(H2,52,67)(H2,53,68)(H,57,71)(H,58,73)(H,59,76)(H,60,70)(H,61,74)(H,62,72)(H,63,75)(H4,54,55,56)/t31-,32-,33-,34-,35+,36-,37-,38-/m0/s1. The van der Waals surface area contributed by atoms with Crippen LogP contribution in [0.15, 0.2) is 59.6 Å². The predicted octanol–water partition coefficient (Wildman–Crippen LogP) is -4.02. The van der Waals surface area contributed by atoms with Crippen LogP contribution in [-0.4, -0.2) is 178 Å². The number of hydrogen-bond acceptors (Lipinski definition) is 16. The van der Waals surface area contributed by atoms with Crippen LogP contribution in [0.3, 0.4) is 0 Å². The van der Waals surface area contributed by atoms with Gasteiger partial charge < -0.3 is 80.8 Å². The molecule has 8 atom stereocenters. The lowest BCUT2D eigenvalue weighted by Crippen LogP contribution is -2.61. The number of phenols is 1. The zero-order chi connectivity index (χ0) is 58.2. The van der Waals surface area contributed by atoms with Crippen molar-refractivity contribution in [1.82, 2.24) is 47.0 Å². The predicted molar refractivity (Wildman–Crippen MR) is 294 cm³/mol. The number of nitrogens with one attached hydrogen (secondary N) is 7. The minimum Gasteiger partial charge on any atom is -0.508 e. The summed E-state index contributed by atoms with van der Waals surface area (Å²) in [6.07, 6.45) is -1.04. The van der Waals surface area contributed by atoms with Crippen LogP contribution in [0.1, 0.15) is 69.9 Å². The minimum absolute atomic E-state index is 0.00473. The summed E-state index contributed by atoms with van der Waals surface area (Å²) in [5.74, 6) is -9.81. The highest BCUT2D eigenvalue weighted by atomic mass is 33.1. The molecule has 0 radical (unpaired) electrons. The maximum Gasteiger partial charge on any atom is 0.246 e. The van der Waals surface area contributed by atoms with Gasteiger partial charge in [-0.3, -0.25) is 57.7 Å². The first-order chi connectivity index (χ1) is 37.6. The van der Waals surface area contributed by atoms with E-state index in [-0.39, 0.29) is 87.2 Å². The van der Waals surface area contributed by atoms with Gasteiger partial charge in [0.2, 0.25) is 65.0 Å². The number of rotatable bonds is 21. The van der Waals surface area contributed by atoms with Gasteiger partial charge in [-0.2, -0.15) is 0 Å². The van der Waals surface area contributed by atoms with Gasteiger partial charge in [0.15, 0.2) is 5.96 Å². The summed E-state index contributed by atoms with van der Waals surface area (Å²) in [4.78, 5) is 158. The van der Waals surface area contributed by atoms with E-state index in [1.807, 2.05) is 0 Å². The molecule has 0 unspecified atom stereocenters. The molecule has 0 bridgehead atoms. The van der Waals surface area contributed by atoms with Gasteiger partial charge in [0.25, 0.3) is 0 Å². The average Bonchev–Trinajstić information content (AvgIpc) is 3.93. The molecule has 2 aromatic carbocycles. The number of nitrogens with two attached hydrogens (primary N) is 5. The Morgan fingerprint density at radius 3 is 1.92 bits per heavy atom. The molecule has 18 N–H and O–H groups in total. The molecule has 11 amide bonds. The second-order valence-electron chi connectivity index (χ2n) is 18.7. The lowest BCUT2D eigenvalue weighted by atomic mass is 10.0. The van der Waals surface area contributed by atoms with Crippen molar-refractivity contribution in [3.05, 3.63) is 65.7 Å². The second-order valence-corrected chi connectivity index (χ2v) is 21.3. The summed E-state index contributed by atoms with van der Waals surface area (Å²) in [5.41, 5.74) is 29.2. The van der Waals surface area contributed by atoms with Gasteiger partial charge in [0, 0.05) is 56.9 Å². The summed E-state index contributed by atoms with van der Waals surface area (Å²) in [5, 5.41) is 28.1. The van der Waals surface area contributed by atoms with Crippen LogP contribution in [0.2, 0.25) is 0 Å². The highest BCUT2D eigenvalue weighted by Gasteiger charge is 2.41. The molecule has 4 rings (SSSR count). The highest BCUT2D eigenvalue weighted by Crippen LogP contribution is 2.26. The summed E-state index contributed by atoms with van der Waals surface area (Å²) in [6, 6.07) is 3.05. The molecule has 2 aromatic rings. The Balaban J connectivity index is 1.75. The molecule has 0 aliphatic carbocycles. The van der Waals surface area contributed by atoms with E-state index in [1.165, 1.54) is 34.1 Å². The Kier molecular flexibility index (Phi) is 26.1. The van der Waals surface area contributed by atoms with E-state index in [0.717, 1.165) is 21.6 Å². The third-order valence-electron chi connectivity index (χ3n) is 12.7. The van der Waals surface area contributed by atoms with Crippen LogP contribution in [0.5, 0.6) is 5.75 Å². The van der Waals surface area contributed by atoms with E-state index in [0.29, 0.717) is 30.6 Å². The number of hydrogen-bond donors (Lipinski definition) is 13. The van der Waals surface area contributed by atoms with Crippen LogP contribution in [0.4, 0.5) is 0 Å². The van der Waals surface area contributed by atoms with Gasteiger partial charge >= 0.3 is 0 Å². The molecule has 0 saturated carbocycles. The summed E-state index contributed by atoms with van der Waals surface area (Å²) >= 11 is 0. The fraction of sp³-hybridized carbons (Fsp3) is 0.520. The van der Waals surface area contributed by atoms with Crippen LogP contribution in [0, 0.1) is 0 Å². The monoisotopic (exact) mass is 1140 g/mol. The molecule has 2 aliphatic rings. The topological polar surface area (TPSA) is 441 Å². The maximum atomic E-state index is 14.7. The molecule has 79 heavy (non-hydrogen) atoms. The van der Waals surface area contributed by atoms with Crippen molar-refractivity contribution in [2.75, 3.05) is 44.2 Å². The number of benzene rings is 2. The van der Waals surface area contributed by atoms with Crippen LogP contribution < -0.4 is 65.9 Å². The summed E-state index contributed by atoms with van der Waals surface area (Å²) < 4.78 is 0. The maximum absolute atomic E-state index is 14.7. The van der Waals surface area contributed by atoms with Crippen molar-refractivity contribution in [3.63, 3.8) is 0 Å². The molecule has 432 valence electrons. The van der Waals surface area contributed by atoms with E-state index in [9.17, 15) is 57.8 Å². The number of phenolic OH excluding ortho intramolecular Hbond substituents is 1. The van der Waals surface area contributed by atoms with Crippen molar-refractivity contribution in [2.24, 2.45) is 33.7 Å². The smallest absolute Gasteiger partial charge is 0.246 e. The number of aliphatic imine (C=N–C) groups is 1. The molecule has 2 aliphatic heterocycles. The Hall–Kier alpha value is -7.66. The molecule has 0 aromatic heterocycles. The van der Waals surface area contributed by atoms with Crippen molar-refractivity contribution >= 4 is 92.5 Å². The van der Waals surface area contributed by atoms with Gasteiger partial charge in [-0.05, 0) is 69.2 Å². The zero-order valence-electron chi connectivity index (χ0n) is 44.1. The third kappa shape index (κ3) is 21.2. The first-order valence-electron chi connectivity index (χ1n) is 25.7. The largest absolute Gasteiger partial charge is 0.508 e. The summed E-state index contributed by atoms with van der Waals surface area (Å²) in [6.45, 7) is 3.74. The fourth-order valence-electron chi connectivity index (χ4n) is 8.51. The average molecular weight is 1140 g/mol. The SMILES string of the molecule is CCN(CC)C(=O)CC[C@@H]1NC(=O)[C@@H](Cc2ccccc2)NC(=O)[C@H](Cc2ccc(O)cc2)NC(=O)[C@@H](N)CSSC[C@@H](C(=O)N2CCC[C@H]2C(=O)N[C@@H](CCCN=C(N)N)C(=O)NCC(N)=O)NC(=O)[C@H](CC(N)=O)NC1=O. The Morgan fingerprint density at radius 1 is 0.747 bits per heavy atom. The van der Waals surface area contributed by atoms with E-state index >= 15 is 0 Å². The number of carbonyl (C=O) groups is 11. The molecule has 29 heteroatoms. The first-order valence-corrected chi connectivity index (χ1v) is 28.2. The number of carbonyl (C=O) groups excluding carboxylic acids is 11. The Morgan fingerprint density at radius 2 is 1.32 bits per heavy atom. The van der Waals surface area contributed by atoms with Gasteiger partial charge in [0.1, 0.15) is 48.0 Å². The first kappa shape index (κ1) is 63.9. The molecular weight excluding hydrogens is 1070 g/mol. The van der Waals surface area contributed by atoms with E-state index < -0.39 is 120 Å². The van der Waals surface area contributed by atoms with E-state index in [2.05, 4.69) is 42.2 Å². The van der Waals surface area contributed by atoms with Crippen LogP contribution in [-0.2, 0) is 65.6 Å². The van der Waals surface area contributed by atoms with Gasteiger partial charge in [-0.15, -0.1) is 0 Å². The van der Waals surface area contributed by atoms with Crippen molar-refractivity contribution in [1.29, 1.82) is 0 Å². The highest BCUT2D eigenvalue weighted by molar-refractivity contribution is 8.76. The Bertz CT molecular complexity index is 2500. The van der Waals surface area contributed by atoms with E-state index in [1.54, 1.807) is 44.2 Å². The minimum atomic E-state index is -1.78. The number of likely N-dealkylation sites (tertiary alicyclic amines) is 1. The zero-order valence-corrected chi connectivity index (χ0v) is 45.7. The van der Waals surface area contributed by atoms with Gasteiger partial charge in [0.05, 0.1) is 19.0 Å². The molecular formula is C50H73N15O12S2. The number of aromatic hydroxyl groups is 1. The molecule has 0 spiro atoms.